The Morgan fingerprint density at radius 1 is 1.00 bits per heavy atom. The van der Waals surface area contributed by atoms with Gasteiger partial charge in [0.2, 0.25) is 0 Å². The van der Waals surface area contributed by atoms with Gasteiger partial charge in [-0.05, 0) is 60.0 Å². The van der Waals surface area contributed by atoms with Crippen molar-refractivity contribution in [2.24, 2.45) is 0 Å². The second kappa shape index (κ2) is 6.56. The number of rotatable bonds is 5. The minimum Gasteiger partial charge on any atom is -0.468 e. The largest absolute Gasteiger partial charge is 0.468 e. The van der Waals surface area contributed by atoms with Gasteiger partial charge in [0.05, 0.1) is 0 Å². The molecule has 0 N–H and O–H groups in total. The van der Waals surface area contributed by atoms with Crippen LogP contribution in [0.2, 0.25) is 19.6 Å². The Labute approximate surface area is 157 Å². The van der Waals surface area contributed by atoms with Crippen LogP contribution in [-0.2, 0) is 9.16 Å². The monoisotopic (exact) mass is 362 g/mol. The molecule has 134 valence electrons. The van der Waals surface area contributed by atoms with E-state index in [0.29, 0.717) is 12.7 Å². The van der Waals surface area contributed by atoms with Crippen molar-refractivity contribution in [3.8, 4) is 11.1 Å². The Kier molecular flexibility index (Phi) is 4.37. The fourth-order valence-corrected chi connectivity index (χ4v) is 4.20. The molecule has 26 heavy (non-hydrogen) atoms. The van der Waals surface area contributed by atoms with Crippen molar-refractivity contribution in [3.05, 3.63) is 77.1 Å². The number of fused-ring (bicyclic) bond motifs is 3. The Balaban J connectivity index is 1.62. The van der Waals surface area contributed by atoms with Crippen molar-refractivity contribution >= 4 is 13.9 Å². The second-order valence-corrected chi connectivity index (χ2v) is 12.6. The summed E-state index contributed by atoms with van der Waals surface area (Å²) in [7, 11) is -1.56. The second-order valence-electron chi connectivity index (χ2n) is 8.08. The molecule has 2 aliphatic carbocycles. The third-order valence-corrected chi connectivity index (χ3v) is 6.16. The maximum atomic E-state index is 5.96. The molecule has 0 aliphatic heterocycles. The predicted octanol–water partition coefficient (Wildman–Crippen LogP) is 6.32. The lowest BCUT2D eigenvalue weighted by Gasteiger charge is -2.18. The fourth-order valence-electron chi connectivity index (χ4n) is 3.79. The van der Waals surface area contributed by atoms with Crippen LogP contribution in [0.3, 0.4) is 0 Å². The maximum absolute atomic E-state index is 5.96. The van der Waals surface area contributed by atoms with E-state index in [1.165, 1.54) is 33.4 Å². The van der Waals surface area contributed by atoms with Crippen molar-refractivity contribution < 1.29 is 9.16 Å². The van der Waals surface area contributed by atoms with E-state index in [4.69, 9.17) is 9.16 Å². The van der Waals surface area contributed by atoms with E-state index in [9.17, 15) is 0 Å². The molecule has 3 heteroatoms. The van der Waals surface area contributed by atoms with Gasteiger partial charge < -0.3 is 9.16 Å². The molecule has 0 spiro atoms. The number of allylic oxidation sites excluding steroid dienone is 3. The third kappa shape index (κ3) is 3.17. The predicted molar refractivity (Wildman–Crippen MR) is 110 cm³/mol. The highest BCUT2D eigenvalue weighted by molar-refractivity contribution is 6.69. The quantitative estimate of drug-likeness (QED) is 0.458. The van der Waals surface area contributed by atoms with Crippen molar-refractivity contribution in [1.82, 2.24) is 0 Å². The summed E-state index contributed by atoms with van der Waals surface area (Å²) in [4.78, 5) is 0. The highest BCUT2D eigenvalue weighted by Gasteiger charge is 2.26. The van der Waals surface area contributed by atoms with Crippen molar-refractivity contribution in [3.63, 3.8) is 0 Å². The minimum atomic E-state index is -1.56. The van der Waals surface area contributed by atoms with E-state index in [-0.39, 0.29) is 0 Å². The molecular formula is C23H26O2Si. The molecule has 2 nitrogen and oxygen atoms in total. The first-order valence-electron chi connectivity index (χ1n) is 9.34. The van der Waals surface area contributed by atoms with Crippen molar-refractivity contribution in [2.45, 2.75) is 38.9 Å². The highest BCUT2D eigenvalue weighted by Crippen LogP contribution is 2.45. The SMILES string of the molecule is CC1c2ccccc2-c2ccc(C3=C(OCO[Si](C)(C)C)C=CC3)cc21. The molecule has 0 aromatic heterocycles. The number of hydrogen-bond acceptors (Lipinski definition) is 2. The van der Waals surface area contributed by atoms with E-state index in [2.05, 4.69) is 81.2 Å². The van der Waals surface area contributed by atoms with Gasteiger partial charge in [0.1, 0.15) is 5.76 Å². The van der Waals surface area contributed by atoms with E-state index >= 15 is 0 Å². The van der Waals surface area contributed by atoms with E-state index < -0.39 is 8.32 Å². The van der Waals surface area contributed by atoms with Gasteiger partial charge in [-0.2, -0.15) is 0 Å². The van der Waals surface area contributed by atoms with Crippen LogP contribution >= 0.6 is 0 Å². The molecule has 0 saturated heterocycles. The molecule has 0 fully saturated rings. The molecular weight excluding hydrogens is 336 g/mol. The number of benzene rings is 2. The summed E-state index contributed by atoms with van der Waals surface area (Å²) in [5.41, 5.74) is 8.11. The van der Waals surface area contributed by atoms with Crippen LogP contribution in [0.15, 0.2) is 60.4 Å². The summed E-state index contributed by atoms with van der Waals surface area (Å²) in [5, 5.41) is 0. The maximum Gasteiger partial charge on any atom is 0.188 e. The number of hydrogen-bond donors (Lipinski definition) is 0. The van der Waals surface area contributed by atoms with Crippen molar-refractivity contribution in [2.75, 3.05) is 6.79 Å². The van der Waals surface area contributed by atoms with Gasteiger partial charge in [0.25, 0.3) is 0 Å². The molecule has 1 unspecified atom stereocenters. The van der Waals surface area contributed by atoms with Crippen LogP contribution in [0.1, 0.15) is 36.0 Å². The Morgan fingerprint density at radius 3 is 2.58 bits per heavy atom. The summed E-state index contributed by atoms with van der Waals surface area (Å²) < 4.78 is 11.8. The highest BCUT2D eigenvalue weighted by atomic mass is 28.4. The molecule has 0 saturated carbocycles. The Bertz CT molecular complexity index is 903. The van der Waals surface area contributed by atoms with E-state index in [1.54, 1.807) is 0 Å². The first-order valence-corrected chi connectivity index (χ1v) is 12.7. The van der Waals surface area contributed by atoms with Gasteiger partial charge in [-0.3, -0.25) is 0 Å². The summed E-state index contributed by atoms with van der Waals surface area (Å²) in [6.07, 6.45) is 5.17. The molecule has 4 rings (SSSR count). The first-order chi connectivity index (χ1) is 12.4. The number of ether oxygens (including phenoxy) is 1. The summed E-state index contributed by atoms with van der Waals surface area (Å²) in [6, 6.07) is 15.6. The van der Waals surface area contributed by atoms with Gasteiger partial charge >= 0.3 is 0 Å². The van der Waals surface area contributed by atoms with Crippen LogP contribution in [0.25, 0.3) is 16.7 Å². The molecule has 0 radical (unpaired) electrons. The lowest BCUT2D eigenvalue weighted by Crippen LogP contribution is -2.26. The molecule has 0 amide bonds. The fraction of sp³-hybridized carbons (Fsp3) is 0.304. The van der Waals surface area contributed by atoms with Crippen LogP contribution in [0.5, 0.6) is 0 Å². The summed E-state index contributed by atoms with van der Waals surface area (Å²) >= 11 is 0. The zero-order valence-corrected chi connectivity index (χ0v) is 17.0. The van der Waals surface area contributed by atoms with Crippen LogP contribution in [0.4, 0.5) is 0 Å². The zero-order chi connectivity index (χ0) is 18.3. The lowest BCUT2D eigenvalue weighted by molar-refractivity contribution is 0.0628. The standard InChI is InChI=1S/C23H26O2Si/c1-16-18-8-5-6-9-20(18)21-13-12-17(14-22(16)21)19-10-7-11-23(19)24-15-25-26(2,3)4/h5-9,11-14,16H,10,15H2,1-4H3. The van der Waals surface area contributed by atoms with Gasteiger partial charge in [0, 0.05) is 11.5 Å². The van der Waals surface area contributed by atoms with Gasteiger partial charge in [-0.1, -0.05) is 55.5 Å². The van der Waals surface area contributed by atoms with Gasteiger partial charge in [0.15, 0.2) is 15.1 Å². The summed E-state index contributed by atoms with van der Waals surface area (Å²) in [5.74, 6) is 1.39. The topological polar surface area (TPSA) is 18.5 Å². The molecule has 1 atom stereocenters. The van der Waals surface area contributed by atoms with E-state index in [0.717, 1.165) is 12.2 Å². The van der Waals surface area contributed by atoms with Crippen LogP contribution in [0, 0.1) is 0 Å². The van der Waals surface area contributed by atoms with Gasteiger partial charge in [-0.15, -0.1) is 0 Å². The molecule has 2 aromatic carbocycles. The summed E-state index contributed by atoms with van der Waals surface area (Å²) in [6.45, 7) is 9.17. The normalized spacial score (nSPS) is 18.2. The Morgan fingerprint density at radius 2 is 1.77 bits per heavy atom. The molecule has 2 aromatic rings. The minimum absolute atomic E-state index is 0.339. The van der Waals surface area contributed by atoms with Crippen molar-refractivity contribution in [1.29, 1.82) is 0 Å². The molecule has 0 bridgehead atoms. The zero-order valence-electron chi connectivity index (χ0n) is 16.0. The lowest BCUT2D eigenvalue weighted by atomic mass is 9.95. The van der Waals surface area contributed by atoms with E-state index in [1.807, 2.05) is 0 Å². The van der Waals surface area contributed by atoms with Crippen LogP contribution in [-0.4, -0.2) is 15.1 Å². The molecule has 2 aliphatic rings. The smallest absolute Gasteiger partial charge is 0.188 e. The van der Waals surface area contributed by atoms with Gasteiger partial charge in [-0.25, -0.2) is 0 Å². The molecule has 0 heterocycles. The average Bonchev–Trinajstić information content (AvgIpc) is 3.18. The van der Waals surface area contributed by atoms with Crippen LogP contribution < -0.4 is 0 Å². The Hall–Kier alpha value is -2.10. The average molecular weight is 363 g/mol. The first kappa shape index (κ1) is 17.3. The third-order valence-electron chi connectivity index (χ3n) is 5.18.